The van der Waals surface area contributed by atoms with Gasteiger partial charge in [0.1, 0.15) is 12.2 Å². The first-order valence-electron chi connectivity index (χ1n) is 10.4. The molecule has 32 heavy (non-hydrogen) atoms. The number of fused-ring (bicyclic) bond motifs is 1. The number of nitrogens with one attached hydrogen (secondary N) is 1. The number of rotatable bonds is 6. The SMILES string of the molecule is Cc1nn2c(=O)c(C(=O)NC3CC3)c(O)n(CC(C)(C)C)c2c1C=CC(=O)N(C)CC#N. The highest BCUT2D eigenvalue weighted by Gasteiger charge is 2.31. The number of carbonyl (C=O) groups is 2. The minimum Gasteiger partial charge on any atom is -0.494 e. The van der Waals surface area contributed by atoms with Crippen LogP contribution < -0.4 is 10.9 Å². The summed E-state index contributed by atoms with van der Waals surface area (Å²) < 4.78 is 2.60. The summed E-state index contributed by atoms with van der Waals surface area (Å²) in [5, 5.41) is 26.9. The first-order valence-corrected chi connectivity index (χ1v) is 10.4. The van der Waals surface area contributed by atoms with Gasteiger partial charge in [0, 0.05) is 31.3 Å². The van der Waals surface area contributed by atoms with E-state index in [9.17, 15) is 19.5 Å². The Morgan fingerprint density at radius 1 is 1.38 bits per heavy atom. The molecule has 2 aromatic heterocycles. The predicted molar refractivity (Wildman–Crippen MR) is 118 cm³/mol. The molecule has 3 rings (SSSR count). The highest BCUT2D eigenvalue weighted by molar-refractivity contribution is 5.97. The summed E-state index contributed by atoms with van der Waals surface area (Å²) in [5.41, 5.74) is -0.174. The molecular formula is C22H28N6O4. The van der Waals surface area contributed by atoms with Crippen LogP contribution in [-0.4, -0.2) is 55.6 Å². The van der Waals surface area contributed by atoms with Crippen molar-refractivity contribution in [2.75, 3.05) is 13.6 Å². The van der Waals surface area contributed by atoms with Gasteiger partial charge in [0.15, 0.2) is 5.56 Å². The van der Waals surface area contributed by atoms with E-state index < -0.39 is 17.3 Å². The summed E-state index contributed by atoms with van der Waals surface area (Å²) >= 11 is 0. The molecule has 2 heterocycles. The Kier molecular flexibility index (Phi) is 6.12. The average molecular weight is 441 g/mol. The molecule has 1 aliphatic carbocycles. The van der Waals surface area contributed by atoms with E-state index in [-0.39, 0.29) is 35.1 Å². The Balaban J connectivity index is 2.21. The van der Waals surface area contributed by atoms with Gasteiger partial charge in [-0.25, -0.2) is 0 Å². The van der Waals surface area contributed by atoms with Gasteiger partial charge in [-0.2, -0.15) is 14.9 Å². The van der Waals surface area contributed by atoms with Gasteiger partial charge >= 0.3 is 0 Å². The Hall–Kier alpha value is -3.61. The molecule has 0 aliphatic heterocycles. The third-order valence-electron chi connectivity index (χ3n) is 5.07. The van der Waals surface area contributed by atoms with Crippen molar-refractivity contribution in [3.05, 3.63) is 33.3 Å². The van der Waals surface area contributed by atoms with Gasteiger partial charge in [0.2, 0.25) is 11.8 Å². The maximum Gasteiger partial charge on any atom is 0.291 e. The number of amides is 2. The molecular weight excluding hydrogens is 412 g/mol. The Bertz CT molecular complexity index is 1200. The molecule has 1 fully saturated rings. The van der Waals surface area contributed by atoms with Crippen LogP contribution >= 0.6 is 0 Å². The second-order valence-electron chi connectivity index (χ2n) is 9.32. The lowest BCUT2D eigenvalue weighted by Crippen LogP contribution is -2.35. The number of hydrogen-bond donors (Lipinski definition) is 2. The van der Waals surface area contributed by atoms with E-state index in [1.807, 2.05) is 26.8 Å². The van der Waals surface area contributed by atoms with Crippen molar-refractivity contribution in [2.24, 2.45) is 5.41 Å². The van der Waals surface area contributed by atoms with Gasteiger partial charge in [0.25, 0.3) is 11.5 Å². The number of nitriles is 1. The molecule has 2 amide bonds. The molecule has 10 heteroatoms. The fourth-order valence-corrected chi connectivity index (χ4v) is 3.33. The fraction of sp³-hybridized carbons (Fsp3) is 0.500. The molecule has 0 saturated heterocycles. The molecule has 0 unspecified atom stereocenters. The van der Waals surface area contributed by atoms with Crippen molar-refractivity contribution in [3.63, 3.8) is 0 Å². The summed E-state index contributed by atoms with van der Waals surface area (Å²) in [7, 11) is 1.50. The standard InChI is InChI=1S/C22H28N6O4/c1-13-15(8-9-16(29)26(5)11-10-23)19-27(12-22(2,3)4)20(31)17(21(32)28(19)25-13)18(30)24-14-6-7-14/h8-9,14,31H,6-7,11-12H2,1-5H3,(H,24,30). The number of aromatic nitrogens is 3. The van der Waals surface area contributed by atoms with Crippen LogP contribution in [0.1, 0.15) is 55.2 Å². The lowest BCUT2D eigenvalue weighted by molar-refractivity contribution is -0.124. The van der Waals surface area contributed by atoms with Gasteiger partial charge in [-0.1, -0.05) is 20.8 Å². The zero-order valence-electron chi connectivity index (χ0n) is 19.0. The molecule has 1 aliphatic rings. The van der Waals surface area contributed by atoms with Crippen molar-refractivity contribution in [1.29, 1.82) is 5.26 Å². The van der Waals surface area contributed by atoms with Crippen LogP contribution in [0.4, 0.5) is 0 Å². The first kappa shape index (κ1) is 23.1. The molecule has 0 aromatic carbocycles. The van der Waals surface area contributed by atoms with Crippen LogP contribution in [0.15, 0.2) is 10.9 Å². The normalized spacial score (nSPS) is 14.0. The van der Waals surface area contributed by atoms with Crippen molar-refractivity contribution >= 4 is 23.5 Å². The number of nitrogens with zero attached hydrogens (tertiary/aromatic N) is 5. The maximum absolute atomic E-state index is 13.1. The van der Waals surface area contributed by atoms with Crippen molar-refractivity contribution in [2.45, 2.75) is 53.1 Å². The molecule has 170 valence electrons. The fourth-order valence-electron chi connectivity index (χ4n) is 3.33. The van der Waals surface area contributed by atoms with Crippen LogP contribution in [0.25, 0.3) is 11.7 Å². The highest BCUT2D eigenvalue weighted by Crippen LogP contribution is 2.28. The molecule has 10 nitrogen and oxygen atoms in total. The quantitative estimate of drug-likeness (QED) is 0.516. The van der Waals surface area contributed by atoms with Gasteiger partial charge in [-0.05, 0) is 31.3 Å². The summed E-state index contributed by atoms with van der Waals surface area (Å²) in [4.78, 5) is 39.4. The summed E-state index contributed by atoms with van der Waals surface area (Å²) in [6.45, 7) is 7.79. The Labute approximate surface area is 185 Å². The summed E-state index contributed by atoms with van der Waals surface area (Å²) in [6, 6.07) is 1.92. The number of hydrogen-bond acceptors (Lipinski definition) is 6. The Morgan fingerprint density at radius 3 is 2.59 bits per heavy atom. The van der Waals surface area contributed by atoms with E-state index in [4.69, 9.17) is 5.26 Å². The predicted octanol–water partition coefficient (Wildman–Crippen LogP) is 1.44. The molecule has 2 N–H and O–H groups in total. The van der Waals surface area contributed by atoms with E-state index in [0.29, 0.717) is 17.8 Å². The first-order chi connectivity index (χ1) is 14.9. The smallest absolute Gasteiger partial charge is 0.291 e. The lowest BCUT2D eigenvalue weighted by atomic mass is 9.96. The summed E-state index contributed by atoms with van der Waals surface area (Å²) in [5.74, 6) is -1.45. The molecule has 2 aromatic rings. The van der Waals surface area contributed by atoms with E-state index in [1.54, 1.807) is 6.92 Å². The van der Waals surface area contributed by atoms with Crippen LogP contribution in [0.5, 0.6) is 5.88 Å². The van der Waals surface area contributed by atoms with Gasteiger partial charge < -0.3 is 15.3 Å². The molecule has 0 radical (unpaired) electrons. The average Bonchev–Trinajstić information content (AvgIpc) is 3.43. The van der Waals surface area contributed by atoms with E-state index in [2.05, 4.69) is 10.4 Å². The number of likely N-dealkylation sites (N-methyl/N-ethyl adjacent to an activating group) is 1. The number of aromatic hydroxyl groups is 1. The van der Waals surface area contributed by atoms with Crippen molar-refractivity contribution in [3.8, 4) is 11.9 Å². The van der Waals surface area contributed by atoms with E-state index in [0.717, 1.165) is 17.4 Å². The van der Waals surface area contributed by atoms with Crippen LogP contribution in [0.3, 0.4) is 0 Å². The second kappa shape index (κ2) is 8.49. The third kappa shape index (κ3) is 4.66. The van der Waals surface area contributed by atoms with E-state index >= 15 is 0 Å². The number of aryl methyl sites for hydroxylation is 1. The van der Waals surface area contributed by atoms with E-state index in [1.165, 1.54) is 28.7 Å². The maximum atomic E-state index is 13.1. The largest absolute Gasteiger partial charge is 0.494 e. The minimum absolute atomic E-state index is 0.0160. The topological polar surface area (TPSA) is 133 Å². The second-order valence-corrected chi connectivity index (χ2v) is 9.32. The summed E-state index contributed by atoms with van der Waals surface area (Å²) in [6.07, 6.45) is 4.48. The molecule has 0 bridgehead atoms. The third-order valence-corrected chi connectivity index (χ3v) is 5.07. The van der Waals surface area contributed by atoms with Crippen LogP contribution in [-0.2, 0) is 11.3 Å². The molecule has 0 spiro atoms. The monoisotopic (exact) mass is 440 g/mol. The highest BCUT2D eigenvalue weighted by atomic mass is 16.3. The number of carbonyl (C=O) groups excluding carboxylic acids is 2. The van der Waals surface area contributed by atoms with Crippen LogP contribution in [0, 0.1) is 23.7 Å². The zero-order valence-corrected chi connectivity index (χ0v) is 19.0. The van der Waals surface area contributed by atoms with Crippen molar-refractivity contribution < 1.29 is 14.7 Å². The van der Waals surface area contributed by atoms with Gasteiger partial charge in [0.05, 0.1) is 11.8 Å². The Morgan fingerprint density at radius 2 is 2.03 bits per heavy atom. The van der Waals surface area contributed by atoms with Crippen molar-refractivity contribution in [1.82, 2.24) is 24.4 Å². The minimum atomic E-state index is -0.725. The van der Waals surface area contributed by atoms with Gasteiger partial charge in [-0.15, -0.1) is 0 Å². The lowest BCUT2D eigenvalue weighted by Gasteiger charge is -2.23. The van der Waals surface area contributed by atoms with Gasteiger partial charge in [-0.3, -0.25) is 19.0 Å². The zero-order chi connectivity index (χ0) is 23.8. The van der Waals surface area contributed by atoms with Crippen LogP contribution in [0.2, 0.25) is 0 Å². The molecule has 0 atom stereocenters. The molecule has 1 saturated carbocycles.